The molecule has 0 spiro atoms. The first kappa shape index (κ1) is 21.8. The Morgan fingerprint density at radius 3 is 1.74 bits per heavy atom. The van der Waals surface area contributed by atoms with Crippen LogP contribution in [0, 0.1) is 6.92 Å². The first-order valence-electron chi connectivity index (χ1n) is 7.79. The number of hydrogen-bond acceptors (Lipinski definition) is 4. The van der Waals surface area contributed by atoms with Crippen LogP contribution in [0.5, 0.6) is 5.75 Å². The van der Waals surface area contributed by atoms with Crippen LogP contribution in [0.1, 0.15) is 64.7 Å². The highest BCUT2D eigenvalue weighted by Crippen LogP contribution is 2.39. The Balaban J connectivity index is 0.000000585. The van der Waals surface area contributed by atoms with Crippen LogP contribution in [-0.2, 0) is 15.6 Å². The molecule has 0 atom stereocenters. The minimum Gasteiger partial charge on any atom is -0.507 e. The van der Waals surface area contributed by atoms with Crippen LogP contribution in [0.4, 0.5) is 0 Å². The molecule has 23 heavy (non-hydrogen) atoms. The number of aromatic hydroxyl groups is 1. The van der Waals surface area contributed by atoms with Crippen molar-refractivity contribution in [1.82, 2.24) is 5.43 Å². The smallest absolute Gasteiger partial charge is 0.234 e. The van der Waals surface area contributed by atoms with Crippen molar-refractivity contribution in [3.05, 3.63) is 28.8 Å². The van der Waals surface area contributed by atoms with Gasteiger partial charge in [-0.25, -0.2) is 5.84 Å². The Labute approximate surface area is 146 Å². The van der Waals surface area contributed by atoms with E-state index >= 15 is 0 Å². The van der Waals surface area contributed by atoms with E-state index in [-0.39, 0.29) is 16.7 Å². The van der Waals surface area contributed by atoms with E-state index in [1.54, 1.807) is 0 Å². The molecule has 1 rings (SSSR count). The van der Waals surface area contributed by atoms with Crippen molar-refractivity contribution in [3.8, 4) is 5.75 Å². The SMILES string of the molecule is Cc1cc(C(C)(C)C)c(O)c(C(C)(C)C)c1.NNC(=O)CCS. The molecular weight excluding hydrogens is 308 g/mol. The Bertz CT molecular complexity index is 494. The molecule has 4 nitrogen and oxygen atoms in total. The van der Waals surface area contributed by atoms with Crippen molar-refractivity contribution in [2.45, 2.75) is 65.7 Å². The number of hydrogen-bond donors (Lipinski definition) is 4. The van der Waals surface area contributed by atoms with Crippen LogP contribution in [-0.4, -0.2) is 16.8 Å². The Morgan fingerprint density at radius 1 is 1.13 bits per heavy atom. The number of rotatable bonds is 2. The quantitative estimate of drug-likeness (QED) is 0.288. The number of aryl methyl sites for hydroxylation is 1. The second-order valence-electron chi connectivity index (χ2n) is 7.75. The molecule has 1 aromatic rings. The van der Waals surface area contributed by atoms with Gasteiger partial charge in [-0.3, -0.25) is 10.2 Å². The maximum atomic E-state index is 10.4. The Morgan fingerprint density at radius 2 is 1.52 bits per heavy atom. The molecule has 4 N–H and O–H groups in total. The summed E-state index contributed by atoms with van der Waals surface area (Å²) >= 11 is 3.80. The predicted molar refractivity (Wildman–Crippen MR) is 101 cm³/mol. The lowest BCUT2D eigenvalue weighted by Crippen LogP contribution is -2.29. The molecule has 132 valence electrons. The average molecular weight is 341 g/mol. The van der Waals surface area contributed by atoms with Crippen LogP contribution < -0.4 is 11.3 Å². The summed E-state index contributed by atoms with van der Waals surface area (Å²) in [6, 6.07) is 4.18. The monoisotopic (exact) mass is 340 g/mol. The van der Waals surface area contributed by atoms with E-state index in [9.17, 15) is 9.90 Å². The predicted octanol–water partition coefficient (Wildman–Crippen LogP) is 3.59. The molecule has 0 aliphatic carbocycles. The van der Waals surface area contributed by atoms with Crippen molar-refractivity contribution in [2.75, 3.05) is 5.75 Å². The van der Waals surface area contributed by atoms with E-state index in [1.165, 1.54) is 5.56 Å². The normalized spacial score (nSPS) is 11.5. The summed E-state index contributed by atoms with van der Waals surface area (Å²) in [6.07, 6.45) is 0.389. The molecule has 0 aliphatic rings. The first-order valence-corrected chi connectivity index (χ1v) is 8.42. The van der Waals surface area contributed by atoms with Gasteiger partial charge in [0.1, 0.15) is 5.75 Å². The third-order valence-corrected chi connectivity index (χ3v) is 3.59. The number of phenolic OH excluding ortho intramolecular Hbond substituents is 1. The zero-order valence-electron chi connectivity index (χ0n) is 15.4. The lowest BCUT2D eigenvalue weighted by molar-refractivity contribution is -0.120. The summed E-state index contributed by atoms with van der Waals surface area (Å²) in [4.78, 5) is 10.1. The number of amides is 1. The molecule has 0 unspecified atom stereocenters. The fourth-order valence-corrected chi connectivity index (χ4v) is 2.30. The number of hydrazine groups is 1. The maximum absolute atomic E-state index is 10.4. The fraction of sp³-hybridized carbons (Fsp3) is 0.611. The number of nitrogens with one attached hydrogen (secondary N) is 1. The molecule has 0 heterocycles. The summed E-state index contributed by atoms with van der Waals surface area (Å²) in [5.41, 5.74) is 5.24. The molecule has 0 aliphatic heterocycles. The molecule has 0 bridgehead atoms. The molecule has 0 fully saturated rings. The molecule has 0 saturated carbocycles. The van der Waals surface area contributed by atoms with E-state index in [4.69, 9.17) is 5.84 Å². The van der Waals surface area contributed by atoms with Gasteiger partial charge in [0.15, 0.2) is 0 Å². The Hall–Kier alpha value is -1.20. The highest BCUT2D eigenvalue weighted by atomic mass is 32.1. The van der Waals surface area contributed by atoms with E-state index in [0.717, 1.165) is 11.1 Å². The summed E-state index contributed by atoms with van der Waals surface area (Å²) in [7, 11) is 0. The van der Waals surface area contributed by atoms with Gasteiger partial charge in [-0.2, -0.15) is 12.6 Å². The third-order valence-electron chi connectivity index (χ3n) is 3.37. The van der Waals surface area contributed by atoms with E-state index < -0.39 is 0 Å². The van der Waals surface area contributed by atoms with Crippen molar-refractivity contribution >= 4 is 18.5 Å². The largest absolute Gasteiger partial charge is 0.507 e. The standard InChI is InChI=1S/C15H24O.C3H8N2OS/c1-10-8-11(14(2,3)4)13(16)12(9-10)15(5,6)7;4-5-3(6)1-2-7/h8-9,16H,1-7H3;7H,1-2,4H2,(H,5,6). The van der Waals surface area contributed by atoms with Crippen LogP contribution in [0.25, 0.3) is 0 Å². The molecule has 0 radical (unpaired) electrons. The van der Waals surface area contributed by atoms with Crippen LogP contribution in [0.15, 0.2) is 12.1 Å². The Kier molecular flexibility index (Phi) is 8.15. The molecule has 1 amide bonds. The highest BCUT2D eigenvalue weighted by molar-refractivity contribution is 7.80. The number of carbonyl (C=O) groups is 1. The molecule has 1 aromatic carbocycles. The van der Waals surface area contributed by atoms with Crippen molar-refractivity contribution in [2.24, 2.45) is 5.84 Å². The minimum absolute atomic E-state index is 0.0178. The van der Waals surface area contributed by atoms with Crippen molar-refractivity contribution in [3.63, 3.8) is 0 Å². The summed E-state index contributed by atoms with van der Waals surface area (Å²) in [6.45, 7) is 14.9. The minimum atomic E-state index is -0.171. The van der Waals surface area contributed by atoms with E-state index in [1.807, 2.05) is 5.43 Å². The fourth-order valence-electron chi connectivity index (χ4n) is 2.10. The number of phenols is 1. The van der Waals surface area contributed by atoms with Gasteiger partial charge in [0.2, 0.25) is 5.91 Å². The second-order valence-corrected chi connectivity index (χ2v) is 8.20. The first-order chi connectivity index (χ1) is 10.3. The van der Waals surface area contributed by atoms with Gasteiger partial charge >= 0.3 is 0 Å². The number of benzene rings is 1. The lowest BCUT2D eigenvalue weighted by atomic mass is 9.78. The summed E-state index contributed by atoms with van der Waals surface area (Å²) in [5, 5.41) is 10.4. The number of thiol groups is 1. The van der Waals surface area contributed by atoms with Crippen LogP contribution >= 0.6 is 12.6 Å². The van der Waals surface area contributed by atoms with Gasteiger partial charge in [-0.05, 0) is 34.6 Å². The van der Waals surface area contributed by atoms with Gasteiger partial charge in [0.25, 0.3) is 0 Å². The van der Waals surface area contributed by atoms with Crippen LogP contribution in [0.2, 0.25) is 0 Å². The molecule has 5 heteroatoms. The molecular formula is C18H32N2O2S. The maximum Gasteiger partial charge on any atom is 0.234 e. The van der Waals surface area contributed by atoms with Crippen LogP contribution in [0.3, 0.4) is 0 Å². The topological polar surface area (TPSA) is 75.3 Å². The highest BCUT2D eigenvalue weighted by Gasteiger charge is 2.25. The van der Waals surface area contributed by atoms with Gasteiger partial charge < -0.3 is 5.11 Å². The third kappa shape index (κ3) is 7.27. The van der Waals surface area contributed by atoms with Crippen molar-refractivity contribution < 1.29 is 9.90 Å². The lowest BCUT2D eigenvalue weighted by Gasteiger charge is -2.27. The van der Waals surface area contributed by atoms with Gasteiger partial charge in [-0.1, -0.05) is 59.2 Å². The van der Waals surface area contributed by atoms with Gasteiger partial charge in [0, 0.05) is 6.42 Å². The van der Waals surface area contributed by atoms with Crippen molar-refractivity contribution in [1.29, 1.82) is 0 Å². The zero-order chi connectivity index (χ0) is 18.4. The van der Waals surface area contributed by atoms with E-state index in [2.05, 4.69) is 73.2 Å². The van der Waals surface area contributed by atoms with Gasteiger partial charge in [-0.15, -0.1) is 0 Å². The van der Waals surface area contributed by atoms with E-state index in [0.29, 0.717) is 17.9 Å². The molecule has 0 saturated heterocycles. The summed E-state index contributed by atoms with van der Waals surface area (Å²) < 4.78 is 0. The number of nitrogens with two attached hydrogens (primary N) is 1. The molecule has 0 aromatic heterocycles. The zero-order valence-corrected chi connectivity index (χ0v) is 16.3. The number of carbonyl (C=O) groups excluding carboxylic acids is 1. The van der Waals surface area contributed by atoms with Gasteiger partial charge in [0.05, 0.1) is 0 Å². The second kappa shape index (κ2) is 8.60. The summed E-state index contributed by atoms with van der Waals surface area (Å²) in [5.74, 6) is 5.56. The average Bonchev–Trinajstić information content (AvgIpc) is 2.39.